The lowest BCUT2D eigenvalue weighted by atomic mass is 10.1. The standard InChI is InChI=1S/C24H27N3O3/c28-23-15-19(16-27(23)22-7-4-17-2-1-3-18(17)14-22)24(29)25-20-5-8-21(9-6-20)26-10-12-30-13-11-26/h4-9,14,19H,1-3,10-13,15-16H2,(H,25,29)/t19-/m0/s1. The number of carbonyl (C=O) groups excluding carboxylic acids is 2. The van der Waals surface area contributed by atoms with Crippen LogP contribution in [0.5, 0.6) is 0 Å². The fourth-order valence-corrected chi connectivity index (χ4v) is 4.68. The smallest absolute Gasteiger partial charge is 0.229 e. The SMILES string of the molecule is O=C(Nc1ccc(N2CCOCC2)cc1)[C@H]1CC(=O)N(c2ccc3c(c2)CCC3)C1. The van der Waals surface area contributed by atoms with E-state index in [4.69, 9.17) is 4.74 Å². The van der Waals surface area contributed by atoms with Gasteiger partial charge in [0.05, 0.1) is 19.1 Å². The van der Waals surface area contributed by atoms with Crippen molar-refractivity contribution in [1.29, 1.82) is 0 Å². The third kappa shape index (κ3) is 3.79. The summed E-state index contributed by atoms with van der Waals surface area (Å²) in [5.41, 5.74) is 5.55. The van der Waals surface area contributed by atoms with Crippen molar-refractivity contribution in [2.24, 2.45) is 5.92 Å². The first-order valence-electron chi connectivity index (χ1n) is 10.8. The summed E-state index contributed by atoms with van der Waals surface area (Å²) >= 11 is 0. The zero-order chi connectivity index (χ0) is 20.5. The summed E-state index contributed by atoms with van der Waals surface area (Å²) in [6, 6.07) is 14.2. The summed E-state index contributed by atoms with van der Waals surface area (Å²) in [5.74, 6) is -0.397. The molecule has 2 aromatic rings. The third-order valence-corrected chi connectivity index (χ3v) is 6.40. The molecule has 2 heterocycles. The number of benzene rings is 2. The summed E-state index contributed by atoms with van der Waals surface area (Å²) < 4.78 is 5.40. The Kier molecular flexibility index (Phi) is 5.17. The molecule has 0 aromatic heterocycles. The molecule has 156 valence electrons. The van der Waals surface area contributed by atoms with Crippen molar-refractivity contribution in [3.8, 4) is 0 Å². The highest BCUT2D eigenvalue weighted by Gasteiger charge is 2.35. The van der Waals surface area contributed by atoms with Gasteiger partial charge < -0.3 is 19.9 Å². The molecule has 3 aliphatic rings. The molecule has 0 spiro atoms. The van der Waals surface area contributed by atoms with Gasteiger partial charge in [-0.3, -0.25) is 9.59 Å². The zero-order valence-electron chi connectivity index (χ0n) is 17.1. The van der Waals surface area contributed by atoms with Crippen molar-refractivity contribution < 1.29 is 14.3 Å². The lowest BCUT2D eigenvalue weighted by Gasteiger charge is -2.28. The first-order valence-corrected chi connectivity index (χ1v) is 10.8. The van der Waals surface area contributed by atoms with Crippen LogP contribution in [0.1, 0.15) is 24.0 Å². The molecule has 2 saturated heterocycles. The van der Waals surface area contributed by atoms with Crippen LogP contribution < -0.4 is 15.1 Å². The Hall–Kier alpha value is -2.86. The number of hydrogen-bond acceptors (Lipinski definition) is 4. The third-order valence-electron chi connectivity index (χ3n) is 6.40. The van der Waals surface area contributed by atoms with E-state index in [-0.39, 0.29) is 24.2 Å². The number of ether oxygens (including phenoxy) is 1. The Bertz CT molecular complexity index is 951. The van der Waals surface area contributed by atoms with E-state index in [0.717, 1.165) is 56.2 Å². The molecule has 5 rings (SSSR count). The van der Waals surface area contributed by atoms with E-state index in [2.05, 4.69) is 22.3 Å². The number of morpholine rings is 1. The summed E-state index contributed by atoms with van der Waals surface area (Å²) in [4.78, 5) is 29.4. The van der Waals surface area contributed by atoms with E-state index in [0.29, 0.717) is 6.54 Å². The maximum Gasteiger partial charge on any atom is 0.229 e. The average molecular weight is 405 g/mol. The Morgan fingerprint density at radius 1 is 0.967 bits per heavy atom. The van der Waals surface area contributed by atoms with Crippen molar-refractivity contribution in [1.82, 2.24) is 0 Å². The van der Waals surface area contributed by atoms with Gasteiger partial charge in [0, 0.05) is 43.1 Å². The number of rotatable bonds is 4. The molecule has 2 aromatic carbocycles. The second-order valence-corrected chi connectivity index (χ2v) is 8.35. The normalized spacial score (nSPS) is 21.1. The first-order chi connectivity index (χ1) is 14.7. The van der Waals surface area contributed by atoms with Crippen LogP contribution in [0, 0.1) is 5.92 Å². The Morgan fingerprint density at radius 2 is 1.70 bits per heavy atom. The Balaban J connectivity index is 1.22. The number of amides is 2. The second-order valence-electron chi connectivity index (χ2n) is 8.35. The lowest BCUT2D eigenvalue weighted by Crippen LogP contribution is -2.36. The number of nitrogens with zero attached hydrogens (tertiary/aromatic N) is 2. The van der Waals surface area contributed by atoms with Crippen LogP contribution in [0.2, 0.25) is 0 Å². The minimum Gasteiger partial charge on any atom is -0.378 e. The van der Waals surface area contributed by atoms with Gasteiger partial charge in [-0.15, -0.1) is 0 Å². The topological polar surface area (TPSA) is 61.9 Å². The van der Waals surface area contributed by atoms with Gasteiger partial charge in [-0.25, -0.2) is 0 Å². The van der Waals surface area contributed by atoms with E-state index in [9.17, 15) is 9.59 Å². The van der Waals surface area contributed by atoms with Crippen molar-refractivity contribution >= 4 is 28.9 Å². The van der Waals surface area contributed by atoms with Crippen LogP contribution in [0.4, 0.5) is 17.1 Å². The van der Waals surface area contributed by atoms with Gasteiger partial charge >= 0.3 is 0 Å². The van der Waals surface area contributed by atoms with E-state index in [1.54, 1.807) is 4.90 Å². The van der Waals surface area contributed by atoms with Crippen LogP contribution in [0.25, 0.3) is 0 Å². The molecular formula is C24H27N3O3. The fraction of sp³-hybridized carbons (Fsp3) is 0.417. The monoisotopic (exact) mass is 405 g/mol. The van der Waals surface area contributed by atoms with Crippen LogP contribution in [0.15, 0.2) is 42.5 Å². The average Bonchev–Trinajstić information content (AvgIpc) is 3.41. The maximum absolute atomic E-state index is 12.8. The number of fused-ring (bicyclic) bond motifs is 1. The molecule has 6 heteroatoms. The largest absolute Gasteiger partial charge is 0.378 e. The van der Waals surface area contributed by atoms with Gasteiger partial charge in [-0.05, 0) is 66.8 Å². The number of hydrogen-bond donors (Lipinski definition) is 1. The van der Waals surface area contributed by atoms with E-state index >= 15 is 0 Å². The summed E-state index contributed by atoms with van der Waals surface area (Å²) in [6.07, 6.45) is 3.64. The molecule has 0 radical (unpaired) electrons. The maximum atomic E-state index is 12.8. The van der Waals surface area contributed by atoms with Gasteiger partial charge in [-0.2, -0.15) is 0 Å². The number of aryl methyl sites for hydroxylation is 2. The lowest BCUT2D eigenvalue weighted by molar-refractivity contribution is -0.122. The number of anilines is 3. The van der Waals surface area contributed by atoms with E-state index in [1.165, 1.54) is 17.5 Å². The molecular weight excluding hydrogens is 378 g/mol. The summed E-state index contributed by atoms with van der Waals surface area (Å²) in [5, 5.41) is 2.99. The van der Waals surface area contributed by atoms with Crippen molar-refractivity contribution in [3.05, 3.63) is 53.6 Å². The molecule has 6 nitrogen and oxygen atoms in total. The summed E-state index contributed by atoms with van der Waals surface area (Å²) in [7, 11) is 0. The van der Waals surface area contributed by atoms with Crippen LogP contribution in [-0.2, 0) is 27.2 Å². The quantitative estimate of drug-likeness (QED) is 0.850. The van der Waals surface area contributed by atoms with Gasteiger partial charge in [0.25, 0.3) is 0 Å². The van der Waals surface area contributed by atoms with Gasteiger partial charge in [0.1, 0.15) is 0 Å². The highest BCUT2D eigenvalue weighted by atomic mass is 16.5. The molecule has 2 aliphatic heterocycles. The second kappa shape index (κ2) is 8.11. The van der Waals surface area contributed by atoms with Crippen LogP contribution in [-0.4, -0.2) is 44.7 Å². The molecule has 1 atom stereocenters. The molecule has 1 aliphatic carbocycles. The first kappa shape index (κ1) is 19.1. The summed E-state index contributed by atoms with van der Waals surface area (Å²) in [6.45, 7) is 3.70. The molecule has 0 saturated carbocycles. The van der Waals surface area contributed by atoms with Crippen LogP contribution >= 0.6 is 0 Å². The molecule has 30 heavy (non-hydrogen) atoms. The highest BCUT2D eigenvalue weighted by Crippen LogP contribution is 2.31. The predicted octanol–water partition coefficient (Wildman–Crippen LogP) is 3.00. The van der Waals surface area contributed by atoms with Gasteiger partial charge in [0.2, 0.25) is 11.8 Å². The van der Waals surface area contributed by atoms with Crippen LogP contribution in [0.3, 0.4) is 0 Å². The zero-order valence-corrected chi connectivity index (χ0v) is 17.1. The van der Waals surface area contributed by atoms with Gasteiger partial charge in [-0.1, -0.05) is 6.07 Å². The molecule has 1 N–H and O–H groups in total. The fourth-order valence-electron chi connectivity index (χ4n) is 4.68. The number of carbonyl (C=O) groups is 2. The van der Waals surface area contributed by atoms with Crippen molar-refractivity contribution in [2.45, 2.75) is 25.7 Å². The highest BCUT2D eigenvalue weighted by molar-refractivity contribution is 6.03. The van der Waals surface area contributed by atoms with Crippen molar-refractivity contribution in [3.63, 3.8) is 0 Å². The molecule has 0 bridgehead atoms. The minimum atomic E-state index is -0.329. The van der Waals surface area contributed by atoms with E-state index in [1.807, 2.05) is 30.3 Å². The van der Waals surface area contributed by atoms with E-state index < -0.39 is 0 Å². The number of nitrogens with one attached hydrogen (secondary N) is 1. The molecule has 2 amide bonds. The minimum absolute atomic E-state index is 0.0239. The Morgan fingerprint density at radius 3 is 2.50 bits per heavy atom. The molecule has 0 unspecified atom stereocenters. The van der Waals surface area contributed by atoms with Crippen molar-refractivity contribution in [2.75, 3.05) is 48.0 Å². The van der Waals surface area contributed by atoms with Gasteiger partial charge in [0.15, 0.2) is 0 Å². The molecule has 2 fully saturated rings. The predicted molar refractivity (Wildman–Crippen MR) is 117 cm³/mol. The Labute approximate surface area is 176 Å².